The fourth-order valence-electron chi connectivity index (χ4n) is 4.57. The van der Waals surface area contributed by atoms with Gasteiger partial charge in [0, 0.05) is 12.6 Å². The molecule has 1 aliphatic rings. The van der Waals surface area contributed by atoms with Gasteiger partial charge < -0.3 is 5.32 Å². The van der Waals surface area contributed by atoms with Crippen LogP contribution in [-0.2, 0) is 11.3 Å². The van der Waals surface area contributed by atoms with E-state index in [1.54, 1.807) is 4.57 Å². The lowest BCUT2D eigenvalue weighted by Crippen LogP contribution is -2.44. The highest BCUT2D eigenvalue weighted by atomic mass is 32.2. The molecule has 3 atom stereocenters. The Bertz CT molecular complexity index is 1150. The SMILES string of the molecule is CCCCCn1c(=O)c2ccccc2n2c(SC(C)C(=O)NC3CCCCC3C)nnc12. The Morgan fingerprint density at radius 3 is 2.78 bits per heavy atom. The summed E-state index contributed by atoms with van der Waals surface area (Å²) in [7, 11) is 0. The highest BCUT2D eigenvalue weighted by Gasteiger charge is 2.26. The van der Waals surface area contributed by atoms with E-state index in [-0.39, 0.29) is 22.8 Å². The molecule has 2 heterocycles. The van der Waals surface area contributed by atoms with Crippen molar-refractivity contribution in [2.45, 2.75) is 88.7 Å². The number of fused-ring (bicyclic) bond motifs is 3. The molecule has 4 rings (SSSR count). The van der Waals surface area contributed by atoms with Crippen molar-refractivity contribution in [2.24, 2.45) is 5.92 Å². The van der Waals surface area contributed by atoms with E-state index in [2.05, 4.69) is 29.4 Å². The van der Waals surface area contributed by atoms with Gasteiger partial charge in [-0.2, -0.15) is 0 Å². The molecule has 7 nitrogen and oxygen atoms in total. The number of aryl methyl sites for hydroxylation is 1. The second kappa shape index (κ2) is 10.1. The molecule has 2 aromatic heterocycles. The first-order valence-corrected chi connectivity index (χ1v) is 12.7. The van der Waals surface area contributed by atoms with Gasteiger partial charge in [0.25, 0.3) is 5.56 Å². The molecule has 1 fully saturated rings. The number of hydrogen-bond acceptors (Lipinski definition) is 5. The van der Waals surface area contributed by atoms with E-state index in [0.717, 1.165) is 31.2 Å². The Hall–Kier alpha value is -2.35. The van der Waals surface area contributed by atoms with E-state index in [1.165, 1.54) is 31.0 Å². The van der Waals surface area contributed by atoms with Crippen LogP contribution in [-0.4, -0.2) is 36.4 Å². The van der Waals surface area contributed by atoms with Crippen molar-refractivity contribution >= 4 is 34.3 Å². The van der Waals surface area contributed by atoms with Crippen molar-refractivity contribution in [1.29, 1.82) is 0 Å². The van der Waals surface area contributed by atoms with Gasteiger partial charge in [-0.3, -0.25) is 18.6 Å². The van der Waals surface area contributed by atoms with Crippen molar-refractivity contribution < 1.29 is 4.79 Å². The van der Waals surface area contributed by atoms with Gasteiger partial charge in [0.05, 0.1) is 16.2 Å². The highest BCUT2D eigenvalue weighted by molar-refractivity contribution is 8.00. The molecule has 1 saturated carbocycles. The maximum atomic E-state index is 13.1. The number of nitrogens with zero attached hydrogens (tertiary/aromatic N) is 4. The number of hydrogen-bond donors (Lipinski definition) is 1. The summed E-state index contributed by atoms with van der Waals surface area (Å²) < 4.78 is 3.66. The maximum Gasteiger partial charge on any atom is 0.262 e. The lowest BCUT2D eigenvalue weighted by atomic mass is 9.86. The third-order valence-electron chi connectivity index (χ3n) is 6.55. The van der Waals surface area contributed by atoms with Crippen LogP contribution < -0.4 is 10.9 Å². The van der Waals surface area contributed by atoms with Crippen LogP contribution in [0.15, 0.2) is 34.2 Å². The molecule has 0 radical (unpaired) electrons. The molecular formula is C24H33N5O2S. The first-order chi connectivity index (χ1) is 15.5. The van der Waals surface area contributed by atoms with Crippen LogP contribution in [0.2, 0.25) is 0 Å². The number of thioether (sulfide) groups is 1. The standard InChI is InChI=1S/C24H33N5O2S/c1-4-5-10-15-28-22(31)18-12-7-9-14-20(18)29-23(28)26-27-24(29)32-17(3)21(30)25-19-13-8-6-11-16(19)2/h7,9,12,14,16-17,19H,4-6,8,10-11,13,15H2,1-3H3,(H,25,30). The Kier molecular flexibility index (Phi) is 7.18. The first-order valence-electron chi connectivity index (χ1n) is 11.8. The molecule has 1 N–H and O–H groups in total. The minimum absolute atomic E-state index is 0.0334. The number of rotatable bonds is 8. The Morgan fingerprint density at radius 1 is 1.22 bits per heavy atom. The number of aromatic nitrogens is 4. The van der Waals surface area contributed by atoms with Crippen molar-refractivity contribution in [3.63, 3.8) is 0 Å². The summed E-state index contributed by atoms with van der Waals surface area (Å²) in [5.74, 6) is 1.09. The third kappa shape index (κ3) is 4.56. The fraction of sp³-hybridized carbons (Fsp3) is 0.583. The van der Waals surface area contributed by atoms with Gasteiger partial charge in [-0.15, -0.1) is 10.2 Å². The van der Waals surface area contributed by atoms with Gasteiger partial charge in [-0.05, 0) is 44.2 Å². The Balaban J connectivity index is 1.64. The molecule has 172 valence electrons. The summed E-state index contributed by atoms with van der Waals surface area (Å²) in [6, 6.07) is 7.81. The van der Waals surface area contributed by atoms with Gasteiger partial charge in [0.1, 0.15) is 0 Å². The van der Waals surface area contributed by atoms with Crippen LogP contribution in [0, 0.1) is 5.92 Å². The molecule has 0 bridgehead atoms. The predicted molar refractivity (Wildman–Crippen MR) is 129 cm³/mol. The summed E-state index contributed by atoms with van der Waals surface area (Å²) in [5, 5.41) is 13.0. The summed E-state index contributed by atoms with van der Waals surface area (Å²) in [5.41, 5.74) is 0.741. The zero-order valence-corrected chi connectivity index (χ0v) is 20.0. The lowest BCUT2D eigenvalue weighted by Gasteiger charge is -2.30. The molecule has 1 aliphatic carbocycles. The summed E-state index contributed by atoms with van der Waals surface area (Å²) in [4.78, 5) is 26.1. The molecular weight excluding hydrogens is 422 g/mol. The van der Waals surface area contributed by atoms with Crippen molar-refractivity contribution in [2.75, 3.05) is 0 Å². The van der Waals surface area contributed by atoms with Crippen LogP contribution in [0.3, 0.4) is 0 Å². The third-order valence-corrected chi connectivity index (χ3v) is 7.60. The van der Waals surface area contributed by atoms with E-state index in [1.807, 2.05) is 35.6 Å². The van der Waals surface area contributed by atoms with E-state index in [9.17, 15) is 9.59 Å². The number of carbonyl (C=O) groups excluding carboxylic acids is 1. The second-order valence-electron chi connectivity index (χ2n) is 8.94. The summed E-state index contributed by atoms with van der Waals surface area (Å²) in [6.07, 6.45) is 7.69. The normalized spacial score (nSPS) is 20.0. The first kappa shape index (κ1) is 22.8. The van der Waals surface area contributed by atoms with E-state index >= 15 is 0 Å². The van der Waals surface area contributed by atoms with E-state index < -0.39 is 0 Å². The quantitative estimate of drug-likeness (QED) is 0.402. The van der Waals surface area contributed by atoms with Crippen molar-refractivity contribution in [1.82, 2.24) is 24.5 Å². The van der Waals surface area contributed by atoms with Crippen LogP contribution in [0.4, 0.5) is 0 Å². The van der Waals surface area contributed by atoms with Crippen LogP contribution in [0.1, 0.15) is 65.7 Å². The minimum atomic E-state index is -0.309. The predicted octanol–water partition coefficient (Wildman–Crippen LogP) is 4.41. The van der Waals surface area contributed by atoms with E-state index in [0.29, 0.717) is 28.8 Å². The monoisotopic (exact) mass is 455 g/mol. The fourth-order valence-corrected chi connectivity index (χ4v) is 5.44. The number of carbonyl (C=O) groups is 1. The van der Waals surface area contributed by atoms with Gasteiger partial charge in [0.2, 0.25) is 11.7 Å². The molecule has 0 spiro atoms. The Morgan fingerprint density at radius 2 is 2.00 bits per heavy atom. The molecule has 3 aromatic rings. The molecule has 1 aromatic carbocycles. The average Bonchev–Trinajstić information content (AvgIpc) is 3.21. The number of unbranched alkanes of at least 4 members (excludes halogenated alkanes) is 2. The molecule has 32 heavy (non-hydrogen) atoms. The minimum Gasteiger partial charge on any atom is -0.352 e. The highest BCUT2D eigenvalue weighted by Crippen LogP contribution is 2.27. The van der Waals surface area contributed by atoms with Crippen LogP contribution in [0.25, 0.3) is 16.7 Å². The summed E-state index contributed by atoms with van der Waals surface area (Å²) >= 11 is 1.40. The van der Waals surface area contributed by atoms with E-state index in [4.69, 9.17) is 0 Å². The zero-order chi connectivity index (χ0) is 22.7. The molecule has 0 saturated heterocycles. The number of nitrogens with one attached hydrogen (secondary N) is 1. The number of para-hydroxylation sites is 1. The number of benzene rings is 1. The molecule has 1 amide bonds. The molecule has 3 unspecified atom stereocenters. The average molecular weight is 456 g/mol. The van der Waals surface area contributed by atoms with Crippen molar-refractivity contribution in [3.05, 3.63) is 34.6 Å². The smallest absolute Gasteiger partial charge is 0.262 e. The Labute approximate surface area is 193 Å². The van der Waals surface area contributed by atoms with Crippen LogP contribution >= 0.6 is 11.8 Å². The maximum absolute atomic E-state index is 13.1. The second-order valence-corrected chi connectivity index (χ2v) is 10.2. The van der Waals surface area contributed by atoms with Gasteiger partial charge in [0.15, 0.2) is 5.16 Å². The van der Waals surface area contributed by atoms with Gasteiger partial charge >= 0.3 is 0 Å². The van der Waals surface area contributed by atoms with Crippen LogP contribution in [0.5, 0.6) is 0 Å². The molecule has 0 aliphatic heterocycles. The number of amides is 1. The molecule has 8 heteroatoms. The largest absolute Gasteiger partial charge is 0.352 e. The van der Waals surface area contributed by atoms with Gasteiger partial charge in [-0.1, -0.05) is 63.4 Å². The lowest BCUT2D eigenvalue weighted by molar-refractivity contribution is -0.121. The zero-order valence-electron chi connectivity index (χ0n) is 19.2. The summed E-state index contributed by atoms with van der Waals surface area (Å²) in [6.45, 7) is 6.89. The van der Waals surface area contributed by atoms with Gasteiger partial charge in [-0.25, -0.2) is 0 Å². The van der Waals surface area contributed by atoms with Crippen molar-refractivity contribution in [3.8, 4) is 0 Å². The topological polar surface area (TPSA) is 81.3 Å².